The maximum absolute atomic E-state index is 12.2. The number of esters is 1. The lowest BCUT2D eigenvalue weighted by molar-refractivity contribution is -0.132. The molecule has 1 aromatic carbocycles. The van der Waals surface area contributed by atoms with Gasteiger partial charge in [0.05, 0.1) is 38.6 Å². The molecule has 1 atom stereocenters. The molecule has 47 heavy (non-hydrogen) atoms. The average Bonchev–Trinajstić information content (AvgIpc) is 3.00. The highest BCUT2D eigenvalue weighted by atomic mass is 31.2. The van der Waals surface area contributed by atoms with E-state index in [0.29, 0.717) is 63.4 Å². The van der Waals surface area contributed by atoms with Gasteiger partial charge in [0, 0.05) is 32.5 Å². The fourth-order valence-corrected chi connectivity index (χ4v) is 6.65. The topological polar surface area (TPSA) is 153 Å². The van der Waals surface area contributed by atoms with Gasteiger partial charge in [-0.1, -0.05) is 45.2 Å². The number of carbonyl (C=O) groups excluding carboxylic acids is 3. The van der Waals surface area contributed by atoms with Crippen molar-refractivity contribution in [2.45, 2.75) is 106 Å². The highest BCUT2D eigenvalue weighted by Gasteiger charge is 2.25. The zero-order valence-corrected chi connectivity index (χ0v) is 31.4. The van der Waals surface area contributed by atoms with Crippen molar-refractivity contribution in [1.82, 2.24) is 5.32 Å². The van der Waals surface area contributed by atoms with E-state index in [4.69, 9.17) is 27.4 Å². The SMILES string of the molecule is CCCC(CCC)C(=O)NCCCCOP(=O)(OCC)OCC.CCOP(C)(=O)OCCCCCC(=O)c1ccccc1OC(C)=O. The van der Waals surface area contributed by atoms with Crippen LogP contribution in [0.25, 0.3) is 0 Å². The molecule has 0 aliphatic rings. The molecule has 0 saturated carbocycles. The van der Waals surface area contributed by atoms with E-state index in [1.807, 2.05) is 0 Å². The molecule has 1 rings (SSSR count). The second kappa shape index (κ2) is 27.0. The number of rotatable bonds is 26. The minimum absolute atomic E-state index is 0.0664. The molecule has 1 N–H and O–H groups in total. The molecule has 0 bridgehead atoms. The third kappa shape index (κ3) is 22.4. The Morgan fingerprint density at radius 2 is 1.32 bits per heavy atom. The number of para-hydroxylation sites is 1. The van der Waals surface area contributed by atoms with Crippen LogP contribution in [0.5, 0.6) is 5.75 Å². The summed E-state index contributed by atoms with van der Waals surface area (Å²) in [5.41, 5.74) is 0.415. The molecule has 14 heteroatoms. The lowest BCUT2D eigenvalue weighted by atomic mass is 9.97. The minimum atomic E-state index is -3.41. The molecule has 1 amide bonds. The van der Waals surface area contributed by atoms with Gasteiger partial charge in [-0.05, 0) is 71.4 Å². The van der Waals surface area contributed by atoms with Gasteiger partial charge in [-0.3, -0.25) is 32.5 Å². The van der Waals surface area contributed by atoms with E-state index >= 15 is 0 Å². The number of ketones is 1. The first kappa shape index (κ1) is 45.1. The van der Waals surface area contributed by atoms with Gasteiger partial charge in [-0.15, -0.1) is 0 Å². The van der Waals surface area contributed by atoms with Crippen LogP contribution in [-0.4, -0.2) is 63.9 Å². The third-order valence-electron chi connectivity index (χ3n) is 6.52. The molecule has 0 heterocycles. The molecule has 1 aromatic rings. The predicted octanol–water partition coefficient (Wildman–Crippen LogP) is 8.53. The maximum Gasteiger partial charge on any atom is 0.474 e. The Balaban J connectivity index is 0.000000902. The van der Waals surface area contributed by atoms with Gasteiger partial charge in [0.25, 0.3) is 0 Å². The monoisotopic (exact) mass is 707 g/mol. The average molecular weight is 708 g/mol. The van der Waals surface area contributed by atoms with Gasteiger partial charge < -0.3 is 19.1 Å². The summed E-state index contributed by atoms with van der Waals surface area (Å²) in [6.07, 6.45) is 7.89. The summed E-state index contributed by atoms with van der Waals surface area (Å²) in [4.78, 5) is 35.4. The summed E-state index contributed by atoms with van der Waals surface area (Å²) in [5.74, 6) is 0.0391. The Labute approximate surface area is 282 Å². The highest BCUT2D eigenvalue weighted by molar-refractivity contribution is 7.52. The van der Waals surface area contributed by atoms with Crippen molar-refractivity contribution in [2.24, 2.45) is 5.92 Å². The molecule has 0 aromatic heterocycles. The number of nitrogens with one attached hydrogen (secondary N) is 1. The van der Waals surface area contributed by atoms with E-state index in [1.54, 1.807) is 45.0 Å². The number of phosphoric acid groups is 1. The first-order valence-electron chi connectivity index (χ1n) is 16.9. The second-order valence-corrected chi connectivity index (χ2v) is 14.5. The number of amides is 1. The van der Waals surface area contributed by atoms with Crippen LogP contribution >= 0.6 is 15.4 Å². The zero-order chi connectivity index (χ0) is 35.6. The van der Waals surface area contributed by atoms with Crippen LogP contribution in [-0.2, 0) is 41.3 Å². The summed E-state index contributed by atoms with van der Waals surface area (Å²) in [6, 6.07) is 6.71. The molecule has 0 spiro atoms. The molecule has 0 aliphatic heterocycles. The van der Waals surface area contributed by atoms with E-state index in [0.717, 1.165) is 38.5 Å². The van der Waals surface area contributed by atoms with Gasteiger partial charge in [-0.2, -0.15) is 0 Å². The predicted molar refractivity (Wildman–Crippen MR) is 184 cm³/mol. The van der Waals surface area contributed by atoms with Crippen molar-refractivity contribution in [2.75, 3.05) is 46.2 Å². The Hall–Kier alpha value is -1.91. The molecule has 0 aliphatic carbocycles. The number of ether oxygens (including phenoxy) is 1. The van der Waals surface area contributed by atoms with Crippen molar-refractivity contribution < 1.29 is 50.9 Å². The first-order valence-corrected chi connectivity index (χ1v) is 20.3. The quantitative estimate of drug-likeness (QED) is 0.0324. The van der Waals surface area contributed by atoms with Crippen LogP contribution in [0.1, 0.15) is 116 Å². The normalized spacial score (nSPS) is 12.6. The van der Waals surface area contributed by atoms with Crippen LogP contribution in [0, 0.1) is 5.92 Å². The number of unbranched alkanes of at least 4 members (excludes halogenated alkanes) is 3. The van der Waals surface area contributed by atoms with Crippen molar-refractivity contribution in [1.29, 1.82) is 0 Å². The lowest BCUT2D eigenvalue weighted by Gasteiger charge is -2.17. The van der Waals surface area contributed by atoms with Crippen molar-refractivity contribution in [3.63, 3.8) is 0 Å². The van der Waals surface area contributed by atoms with Crippen molar-refractivity contribution in [3.8, 4) is 5.75 Å². The van der Waals surface area contributed by atoms with Crippen LogP contribution in [0.2, 0.25) is 0 Å². The maximum atomic E-state index is 12.2. The zero-order valence-electron chi connectivity index (χ0n) is 29.6. The number of phosphoric ester groups is 1. The van der Waals surface area contributed by atoms with E-state index in [2.05, 4.69) is 19.2 Å². The van der Waals surface area contributed by atoms with E-state index < -0.39 is 21.4 Å². The summed E-state index contributed by atoms with van der Waals surface area (Å²) in [5, 5.41) is 2.97. The second-order valence-electron chi connectivity index (χ2n) is 10.7. The van der Waals surface area contributed by atoms with Gasteiger partial charge in [0.1, 0.15) is 5.75 Å². The third-order valence-corrected chi connectivity index (χ3v) is 9.54. The summed E-state index contributed by atoms with van der Waals surface area (Å²) < 4.78 is 54.4. The van der Waals surface area contributed by atoms with Crippen LogP contribution in [0.3, 0.4) is 0 Å². The van der Waals surface area contributed by atoms with Gasteiger partial charge in [0.15, 0.2) is 5.78 Å². The lowest BCUT2D eigenvalue weighted by Crippen LogP contribution is -2.31. The first-order chi connectivity index (χ1) is 22.4. The minimum Gasteiger partial charge on any atom is -0.426 e. The van der Waals surface area contributed by atoms with Crippen LogP contribution < -0.4 is 10.1 Å². The highest BCUT2D eigenvalue weighted by Crippen LogP contribution is 2.49. The Bertz CT molecular complexity index is 1100. The van der Waals surface area contributed by atoms with Crippen LogP contribution in [0.15, 0.2) is 24.3 Å². The Morgan fingerprint density at radius 3 is 1.89 bits per heavy atom. The van der Waals surface area contributed by atoms with Crippen LogP contribution in [0.4, 0.5) is 0 Å². The van der Waals surface area contributed by atoms with E-state index in [-0.39, 0.29) is 30.8 Å². The Kier molecular flexibility index (Phi) is 25.9. The fraction of sp³-hybridized carbons (Fsp3) is 0.727. The number of benzene rings is 1. The molecule has 272 valence electrons. The summed E-state index contributed by atoms with van der Waals surface area (Å²) >= 11 is 0. The standard InChI is InChI=1S/C17H25O6P.C16H34NO5P/c1-4-21-24(3,20)22-13-9-5-6-11-16(19)15-10-7-8-12-17(15)23-14(2)18;1-5-11-15(12-6-2)16(18)17-13-9-10-14-22-23(19,20-7-3)21-8-4/h7-8,10,12H,4-6,9,11,13H2,1-3H3;15H,5-14H2,1-4H3,(H,17,18). The van der Waals surface area contributed by atoms with Gasteiger partial charge in [0.2, 0.25) is 5.91 Å². The van der Waals surface area contributed by atoms with Gasteiger partial charge >= 0.3 is 21.4 Å². The largest absolute Gasteiger partial charge is 0.474 e. The van der Waals surface area contributed by atoms with E-state index in [9.17, 15) is 23.5 Å². The number of hydrogen-bond donors (Lipinski definition) is 1. The van der Waals surface area contributed by atoms with E-state index in [1.165, 1.54) is 13.6 Å². The molecule has 0 fully saturated rings. The molecule has 1 unspecified atom stereocenters. The molecular weight excluding hydrogens is 648 g/mol. The van der Waals surface area contributed by atoms with Crippen molar-refractivity contribution in [3.05, 3.63) is 29.8 Å². The van der Waals surface area contributed by atoms with Gasteiger partial charge in [-0.25, -0.2) is 4.57 Å². The number of hydrogen-bond acceptors (Lipinski definition) is 11. The smallest absolute Gasteiger partial charge is 0.426 e. The summed E-state index contributed by atoms with van der Waals surface area (Å²) in [6.45, 7) is 14.4. The summed E-state index contributed by atoms with van der Waals surface area (Å²) in [7, 11) is -6.35. The molecule has 0 radical (unpaired) electrons. The van der Waals surface area contributed by atoms with Crippen molar-refractivity contribution >= 4 is 33.1 Å². The molecule has 0 saturated heterocycles. The number of Topliss-reactive ketones (excluding diaryl/α,β-unsaturated/α-hetero) is 1. The fourth-order valence-electron chi connectivity index (χ4n) is 4.43. The molecule has 12 nitrogen and oxygen atoms in total. The molecular formula is C33H59NO11P2. The Morgan fingerprint density at radius 1 is 0.745 bits per heavy atom. The number of carbonyl (C=O) groups is 3.